The SMILES string of the molecule is C=Cc1cccc[c]1[Na]. The summed E-state index contributed by atoms with van der Waals surface area (Å²) in [7, 11) is 0. The van der Waals surface area contributed by atoms with Crippen molar-refractivity contribution in [3.05, 3.63) is 36.4 Å². The molecular formula is C8H7Na. The van der Waals surface area contributed by atoms with Crippen LogP contribution in [-0.2, 0) is 0 Å². The Morgan fingerprint density at radius 3 is 2.44 bits per heavy atom. The molecule has 1 aromatic rings. The molecule has 0 saturated heterocycles. The van der Waals surface area contributed by atoms with Gasteiger partial charge in [0.05, 0.1) is 0 Å². The molecule has 0 N–H and O–H groups in total. The maximum absolute atomic E-state index is 3.71. The van der Waals surface area contributed by atoms with E-state index < -0.39 is 0 Å². The maximum atomic E-state index is 3.71. The van der Waals surface area contributed by atoms with Gasteiger partial charge in [-0.1, -0.05) is 0 Å². The summed E-state index contributed by atoms with van der Waals surface area (Å²) in [6.45, 7) is 3.71. The first kappa shape index (κ1) is 7.07. The van der Waals surface area contributed by atoms with Crippen molar-refractivity contribution < 1.29 is 0 Å². The Balaban J connectivity index is 3.15. The van der Waals surface area contributed by atoms with Crippen LogP contribution in [0.2, 0.25) is 0 Å². The Morgan fingerprint density at radius 1 is 1.33 bits per heavy atom. The molecule has 0 aliphatic carbocycles. The topological polar surface area (TPSA) is 0 Å². The molecule has 0 spiro atoms. The molecule has 0 bridgehead atoms. The normalized spacial score (nSPS) is 9.11. The van der Waals surface area contributed by atoms with E-state index in [1.54, 1.807) is 0 Å². The van der Waals surface area contributed by atoms with E-state index in [2.05, 4.69) is 24.8 Å². The summed E-state index contributed by atoms with van der Waals surface area (Å²) in [6.07, 6.45) is 1.91. The first-order valence-corrected chi connectivity index (χ1v) is 4.02. The van der Waals surface area contributed by atoms with Crippen LogP contribution in [0.15, 0.2) is 30.8 Å². The average Bonchev–Trinajstić information content (AvgIpc) is 1.89. The number of hydrogen-bond donors (Lipinski definition) is 0. The fourth-order valence-electron chi connectivity index (χ4n) is 0.816. The van der Waals surface area contributed by atoms with Gasteiger partial charge in [0.25, 0.3) is 0 Å². The molecule has 0 heterocycles. The summed E-state index contributed by atoms with van der Waals surface area (Å²) >= 11 is 1.11. The fourth-order valence-corrected chi connectivity index (χ4v) is 1.38. The van der Waals surface area contributed by atoms with Gasteiger partial charge in [0, 0.05) is 0 Å². The molecule has 1 heteroatoms. The Bertz CT molecular complexity index is 216. The molecule has 0 radical (unpaired) electrons. The zero-order valence-electron chi connectivity index (χ0n) is 5.59. The van der Waals surface area contributed by atoms with Crippen molar-refractivity contribution >= 4 is 36.8 Å². The van der Waals surface area contributed by atoms with Crippen molar-refractivity contribution in [3.8, 4) is 0 Å². The van der Waals surface area contributed by atoms with E-state index in [0.717, 1.165) is 27.9 Å². The van der Waals surface area contributed by atoms with Crippen LogP contribution in [-0.4, -0.2) is 27.9 Å². The van der Waals surface area contributed by atoms with E-state index in [9.17, 15) is 0 Å². The molecule has 0 aliphatic rings. The standard InChI is InChI=1S/C8H7.Na/c1-2-8-6-4-3-5-7-8;/h2-6H,1H2;. The summed E-state index contributed by atoms with van der Waals surface area (Å²) in [5.74, 6) is 0. The third kappa shape index (κ3) is 1.68. The van der Waals surface area contributed by atoms with E-state index in [0.29, 0.717) is 0 Å². The quantitative estimate of drug-likeness (QED) is 0.495. The average molecular weight is 126 g/mol. The number of benzene rings is 1. The van der Waals surface area contributed by atoms with Crippen molar-refractivity contribution in [1.82, 2.24) is 0 Å². The van der Waals surface area contributed by atoms with Crippen LogP contribution in [0.3, 0.4) is 0 Å². The number of hydrogen-bond acceptors (Lipinski definition) is 0. The van der Waals surface area contributed by atoms with E-state index in [1.165, 1.54) is 8.38 Å². The van der Waals surface area contributed by atoms with Gasteiger partial charge in [-0.25, -0.2) is 0 Å². The van der Waals surface area contributed by atoms with Gasteiger partial charge in [-0.2, -0.15) is 0 Å². The Kier molecular flexibility index (Phi) is 2.52. The third-order valence-electron chi connectivity index (χ3n) is 1.41. The van der Waals surface area contributed by atoms with Crippen LogP contribution >= 0.6 is 0 Å². The van der Waals surface area contributed by atoms with Gasteiger partial charge in [0.2, 0.25) is 0 Å². The van der Waals surface area contributed by atoms with Gasteiger partial charge in [0.1, 0.15) is 0 Å². The molecule has 0 saturated carbocycles. The summed E-state index contributed by atoms with van der Waals surface area (Å²) in [5, 5.41) is 0. The molecular weight excluding hydrogens is 119 g/mol. The predicted molar refractivity (Wildman–Crippen MR) is 41.9 cm³/mol. The molecule has 40 valence electrons. The minimum absolute atomic E-state index is 1.11. The van der Waals surface area contributed by atoms with Crippen molar-refractivity contribution in [2.75, 3.05) is 0 Å². The van der Waals surface area contributed by atoms with Gasteiger partial charge in [-0.05, 0) is 0 Å². The molecule has 1 rings (SSSR count). The Morgan fingerprint density at radius 2 is 2.00 bits per heavy atom. The molecule has 0 nitrogen and oxygen atoms in total. The second kappa shape index (κ2) is 3.21. The molecule has 0 amide bonds. The first-order chi connectivity index (χ1) is 4.34. The molecule has 0 atom stereocenters. The molecule has 0 aromatic heterocycles. The van der Waals surface area contributed by atoms with Gasteiger partial charge in [0.15, 0.2) is 0 Å². The van der Waals surface area contributed by atoms with Gasteiger partial charge in [-0.3, -0.25) is 0 Å². The summed E-state index contributed by atoms with van der Waals surface area (Å²) in [4.78, 5) is 0. The summed E-state index contributed by atoms with van der Waals surface area (Å²) in [6, 6.07) is 8.34. The molecule has 9 heavy (non-hydrogen) atoms. The van der Waals surface area contributed by atoms with Crippen LogP contribution in [0.25, 0.3) is 6.08 Å². The first-order valence-electron chi connectivity index (χ1n) is 3.02. The zero-order chi connectivity index (χ0) is 6.69. The van der Waals surface area contributed by atoms with E-state index in [-0.39, 0.29) is 0 Å². The molecule has 0 unspecified atom stereocenters. The van der Waals surface area contributed by atoms with Crippen molar-refractivity contribution in [1.29, 1.82) is 0 Å². The van der Waals surface area contributed by atoms with Crippen molar-refractivity contribution in [2.24, 2.45) is 0 Å². The van der Waals surface area contributed by atoms with Gasteiger partial charge >= 0.3 is 73.2 Å². The van der Waals surface area contributed by atoms with Crippen LogP contribution in [0.1, 0.15) is 5.56 Å². The molecule has 0 fully saturated rings. The Hall–Kier alpha value is -0.0400. The van der Waals surface area contributed by atoms with Gasteiger partial charge in [-0.15, -0.1) is 0 Å². The summed E-state index contributed by atoms with van der Waals surface area (Å²) < 4.78 is 1.42. The molecule has 0 aliphatic heterocycles. The second-order valence-corrected chi connectivity index (χ2v) is 3.14. The van der Waals surface area contributed by atoms with E-state index in [1.807, 2.05) is 12.1 Å². The monoisotopic (exact) mass is 126 g/mol. The minimum atomic E-state index is 1.11. The predicted octanol–water partition coefficient (Wildman–Crippen LogP) is 1.12. The van der Waals surface area contributed by atoms with Crippen LogP contribution in [0, 0.1) is 0 Å². The summed E-state index contributed by atoms with van der Waals surface area (Å²) in [5.41, 5.74) is 1.28. The van der Waals surface area contributed by atoms with E-state index >= 15 is 0 Å². The number of rotatable bonds is 1. The van der Waals surface area contributed by atoms with Crippen molar-refractivity contribution in [2.45, 2.75) is 0 Å². The van der Waals surface area contributed by atoms with Crippen LogP contribution < -0.4 is 2.81 Å². The van der Waals surface area contributed by atoms with Crippen LogP contribution in [0.5, 0.6) is 0 Å². The van der Waals surface area contributed by atoms with Crippen molar-refractivity contribution in [3.63, 3.8) is 0 Å². The van der Waals surface area contributed by atoms with Gasteiger partial charge < -0.3 is 0 Å². The zero-order valence-corrected chi connectivity index (χ0v) is 7.59. The van der Waals surface area contributed by atoms with E-state index in [4.69, 9.17) is 0 Å². The molecule has 1 aromatic carbocycles. The second-order valence-electron chi connectivity index (χ2n) is 2.06. The van der Waals surface area contributed by atoms with Crippen LogP contribution in [0.4, 0.5) is 0 Å². The fraction of sp³-hybridized carbons (Fsp3) is 0. The Labute approximate surface area is 73.0 Å². The third-order valence-corrected chi connectivity index (χ3v) is 2.32.